The van der Waals surface area contributed by atoms with Crippen LogP contribution in [0, 0.1) is 17.0 Å². The molecule has 2 rings (SSSR count). The molecule has 0 spiro atoms. The van der Waals surface area contributed by atoms with E-state index in [0.717, 1.165) is 12.6 Å². The molecule has 0 bridgehead atoms. The molecule has 2 aromatic carbocycles. The summed E-state index contributed by atoms with van der Waals surface area (Å²) in [5.41, 5.74) is -1.99. The van der Waals surface area contributed by atoms with Crippen LogP contribution < -0.4 is 5.32 Å². The number of nitro benzene ring substituents is 1. The number of nitrogens with one attached hydrogen (secondary N) is 1. The molecule has 10 nitrogen and oxygen atoms in total. The van der Waals surface area contributed by atoms with Crippen LogP contribution in [-0.2, 0) is 30.5 Å². The molecule has 1 amide bonds. The zero-order chi connectivity index (χ0) is 25.0. The van der Waals surface area contributed by atoms with Gasteiger partial charge in [0.1, 0.15) is 12.2 Å². The van der Waals surface area contributed by atoms with E-state index in [2.05, 4.69) is 4.74 Å². The molecular weight excluding hydrogens is 471 g/mol. The van der Waals surface area contributed by atoms with E-state index in [1.54, 1.807) is 19.1 Å². The van der Waals surface area contributed by atoms with Crippen LogP contribution in [0.3, 0.4) is 0 Å². The molecule has 0 atom stereocenters. The van der Waals surface area contributed by atoms with Crippen LogP contribution in [-0.4, -0.2) is 49.7 Å². The first kappa shape index (κ1) is 25.7. The van der Waals surface area contributed by atoms with E-state index in [-0.39, 0.29) is 11.0 Å². The highest BCUT2D eigenvalue weighted by Gasteiger charge is 2.33. The van der Waals surface area contributed by atoms with Gasteiger partial charge in [-0.05, 0) is 31.2 Å². The first-order valence-electron chi connectivity index (χ1n) is 9.06. The van der Waals surface area contributed by atoms with Crippen LogP contribution >= 0.6 is 0 Å². The van der Waals surface area contributed by atoms with Crippen LogP contribution in [0.1, 0.15) is 11.1 Å². The minimum atomic E-state index is -4.83. The Kier molecular flexibility index (Phi) is 7.76. The van der Waals surface area contributed by atoms with Crippen molar-refractivity contribution in [2.75, 3.05) is 25.5 Å². The largest absolute Gasteiger partial charge is 0.455 e. The molecule has 0 aliphatic heterocycles. The van der Waals surface area contributed by atoms with E-state index in [9.17, 15) is 41.3 Å². The Morgan fingerprint density at radius 1 is 1.15 bits per heavy atom. The number of amides is 1. The molecular formula is C19H18F3N3O7S. The van der Waals surface area contributed by atoms with Gasteiger partial charge in [-0.3, -0.25) is 19.7 Å². The van der Waals surface area contributed by atoms with E-state index >= 15 is 0 Å². The van der Waals surface area contributed by atoms with Crippen LogP contribution in [0.15, 0.2) is 47.4 Å². The molecule has 0 fully saturated rings. The van der Waals surface area contributed by atoms with Gasteiger partial charge in [0.15, 0.2) is 6.61 Å². The number of anilines is 1. The second-order valence-corrected chi connectivity index (χ2v) is 8.81. The minimum Gasteiger partial charge on any atom is -0.455 e. The van der Waals surface area contributed by atoms with Crippen LogP contribution in [0.2, 0.25) is 0 Å². The van der Waals surface area contributed by atoms with E-state index < -0.39 is 63.1 Å². The van der Waals surface area contributed by atoms with Crippen molar-refractivity contribution in [2.24, 2.45) is 0 Å². The SMILES string of the molecule is Cc1ccc(S(=O)(=O)N(C)CC(=O)OCC(=O)Nc2ccc(C(F)(F)F)cc2[N+](=O)[O-])cc1. The van der Waals surface area contributed by atoms with Crippen LogP contribution in [0.4, 0.5) is 24.5 Å². The Morgan fingerprint density at radius 3 is 2.30 bits per heavy atom. The second-order valence-electron chi connectivity index (χ2n) is 6.77. The van der Waals surface area contributed by atoms with Crippen molar-refractivity contribution in [2.45, 2.75) is 18.0 Å². The smallest absolute Gasteiger partial charge is 0.416 e. The van der Waals surface area contributed by atoms with Gasteiger partial charge in [-0.1, -0.05) is 17.7 Å². The number of halogens is 3. The number of alkyl halides is 3. The summed E-state index contributed by atoms with van der Waals surface area (Å²) in [7, 11) is -2.88. The van der Waals surface area contributed by atoms with Gasteiger partial charge < -0.3 is 10.1 Å². The summed E-state index contributed by atoms with van der Waals surface area (Å²) in [6.07, 6.45) is -4.83. The lowest BCUT2D eigenvalue weighted by atomic mass is 10.1. The highest BCUT2D eigenvalue weighted by atomic mass is 32.2. The number of nitrogens with zero attached hydrogens (tertiary/aromatic N) is 2. The second kappa shape index (κ2) is 9.95. The van der Waals surface area contributed by atoms with Crippen molar-refractivity contribution in [1.82, 2.24) is 4.31 Å². The first-order valence-corrected chi connectivity index (χ1v) is 10.5. The highest BCUT2D eigenvalue weighted by Crippen LogP contribution is 2.34. The molecule has 0 radical (unpaired) electrons. The monoisotopic (exact) mass is 489 g/mol. The number of likely N-dealkylation sites (N-methyl/N-ethyl adjacent to an activating group) is 1. The van der Waals surface area contributed by atoms with Crippen LogP contribution in [0.5, 0.6) is 0 Å². The van der Waals surface area contributed by atoms with Gasteiger partial charge in [-0.2, -0.15) is 17.5 Å². The summed E-state index contributed by atoms with van der Waals surface area (Å²) in [4.78, 5) is 33.7. The summed E-state index contributed by atoms with van der Waals surface area (Å²) in [5.74, 6) is -2.17. The fourth-order valence-corrected chi connectivity index (χ4v) is 3.61. The molecule has 0 saturated heterocycles. The molecule has 0 aliphatic rings. The number of hydrogen-bond acceptors (Lipinski definition) is 7. The number of carbonyl (C=O) groups excluding carboxylic acids is 2. The first-order chi connectivity index (χ1) is 15.2. The molecule has 0 unspecified atom stereocenters. The number of nitro groups is 1. The Bertz CT molecular complexity index is 1170. The Labute approximate surface area is 186 Å². The van der Waals surface area contributed by atoms with Crippen molar-refractivity contribution in [3.63, 3.8) is 0 Å². The van der Waals surface area contributed by atoms with Gasteiger partial charge in [0.2, 0.25) is 10.0 Å². The number of benzene rings is 2. The third-order valence-electron chi connectivity index (χ3n) is 4.24. The quantitative estimate of drug-likeness (QED) is 0.342. The van der Waals surface area contributed by atoms with E-state index in [0.29, 0.717) is 16.4 Å². The maximum atomic E-state index is 12.7. The van der Waals surface area contributed by atoms with Gasteiger partial charge in [0, 0.05) is 13.1 Å². The van der Waals surface area contributed by atoms with E-state index in [1.807, 2.05) is 5.32 Å². The molecule has 2 aromatic rings. The average Bonchev–Trinajstić information content (AvgIpc) is 2.71. The summed E-state index contributed by atoms with van der Waals surface area (Å²) in [6.45, 7) is 0.0845. The molecule has 0 saturated carbocycles. The normalized spacial score (nSPS) is 11.8. The van der Waals surface area contributed by atoms with Gasteiger partial charge in [-0.25, -0.2) is 8.42 Å². The standard InChI is InChI=1S/C19H18F3N3O7S/c1-12-3-6-14(7-4-12)33(30,31)24(2)10-18(27)32-11-17(26)23-15-8-5-13(19(20,21)22)9-16(15)25(28)29/h3-9H,10-11H2,1-2H3,(H,23,26). The molecule has 178 valence electrons. The number of carbonyl (C=O) groups is 2. The number of aryl methyl sites for hydroxylation is 1. The van der Waals surface area contributed by atoms with E-state index in [4.69, 9.17) is 0 Å². The molecule has 33 heavy (non-hydrogen) atoms. The number of ether oxygens (including phenoxy) is 1. The zero-order valence-electron chi connectivity index (χ0n) is 17.2. The predicted octanol–water partition coefficient (Wildman–Crippen LogP) is 2.72. The van der Waals surface area contributed by atoms with Gasteiger partial charge in [0.05, 0.1) is 15.4 Å². The summed E-state index contributed by atoms with van der Waals surface area (Å²) >= 11 is 0. The maximum absolute atomic E-state index is 12.7. The number of hydrogen-bond donors (Lipinski definition) is 1. The lowest BCUT2D eigenvalue weighted by Gasteiger charge is -2.16. The fraction of sp³-hybridized carbons (Fsp3) is 0.263. The molecule has 0 aromatic heterocycles. The predicted molar refractivity (Wildman–Crippen MR) is 109 cm³/mol. The molecule has 0 aliphatic carbocycles. The number of rotatable bonds is 8. The van der Waals surface area contributed by atoms with Crippen LogP contribution in [0.25, 0.3) is 0 Å². The minimum absolute atomic E-state index is 0.0595. The van der Waals surface area contributed by atoms with Crippen molar-refractivity contribution < 1.29 is 40.8 Å². The third kappa shape index (κ3) is 6.73. The number of esters is 1. The zero-order valence-corrected chi connectivity index (χ0v) is 18.1. The fourth-order valence-electron chi connectivity index (χ4n) is 2.50. The molecule has 1 N–H and O–H groups in total. The van der Waals surface area contributed by atoms with Crippen molar-refractivity contribution >= 4 is 33.3 Å². The van der Waals surface area contributed by atoms with Crippen molar-refractivity contribution in [1.29, 1.82) is 0 Å². The third-order valence-corrected chi connectivity index (χ3v) is 6.06. The summed E-state index contributed by atoms with van der Waals surface area (Å²) < 4.78 is 68.5. The van der Waals surface area contributed by atoms with Gasteiger partial charge in [0.25, 0.3) is 11.6 Å². The Morgan fingerprint density at radius 2 is 1.76 bits per heavy atom. The Hall–Kier alpha value is -3.52. The molecule has 14 heteroatoms. The van der Waals surface area contributed by atoms with Gasteiger partial charge >= 0.3 is 12.1 Å². The maximum Gasteiger partial charge on any atom is 0.416 e. The Balaban J connectivity index is 1.99. The molecule has 0 heterocycles. The summed E-state index contributed by atoms with van der Waals surface area (Å²) in [6, 6.07) is 7.36. The topological polar surface area (TPSA) is 136 Å². The average molecular weight is 489 g/mol. The van der Waals surface area contributed by atoms with E-state index in [1.165, 1.54) is 12.1 Å². The lowest BCUT2D eigenvalue weighted by Crippen LogP contribution is -2.34. The van der Waals surface area contributed by atoms with Crippen molar-refractivity contribution in [3.8, 4) is 0 Å². The number of sulfonamides is 1. The van der Waals surface area contributed by atoms with Crippen molar-refractivity contribution in [3.05, 3.63) is 63.7 Å². The summed E-state index contributed by atoms with van der Waals surface area (Å²) in [5, 5.41) is 13.0. The lowest BCUT2D eigenvalue weighted by molar-refractivity contribution is -0.384. The highest BCUT2D eigenvalue weighted by molar-refractivity contribution is 7.89. The van der Waals surface area contributed by atoms with Gasteiger partial charge in [-0.15, -0.1) is 0 Å².